The van der Waals surface area contributed by atoms with Crippen molar-refractivity contribution < 1.29 is 19.1 Å². The highest BCUT2D eigenvalue weighted by Crippen LogP contribution is 2.29. The van der Waals surface area contributed by atoms with Crippen LogP contribution in [0.5, 0.6) is 0 Å². The Kier molecular flexibility index (Phi) is 8.78. The molecule has 2 heterocycles. The number of rotatable bonds is 9. The smallest absolute Gasteiger partial charge is 0.334 e. The molecule has 4 rings (SSSR count). The van der Waals surface area contributed by atoms with E-state index in [-0.39, 0.29) is 36.9 Å². The lowest BCUT2D eigenvalue weighted by atomic mass is 9.96. The van der Waals surface area contributed by atoms with Crippen LogP contribution in [0, 0.1) is 5.92 Å². The number of likely N-dealkylation sites (N-methyl/N-ethyl adjacent to an activating group) is 1. The maximum Gasteiger partial charge on any atom is 0.334 e. The summed E-state index contributed by atoms with van der Waals surface area (Å²) in [7, 11) is 0. The molecule has 2 aromatic rings. The summed E-state index contributed by atoms with van der Waals surface area (Å²) in [4.78, 5) is 43.6. The van der Waals surface area contributed by atoms with Gasteiger partial charge in [-0.2, -0.15) is 0 Å². The van der Waals surface area contributed by atoms with Gasteiger partial charge in [0, 0.05) is 19.6 Å². The van der Waals surface area contributed by atoms with Crippen LogP contribution in [0.15, 0.2) is 60.7 Å². The number of amides is 4. The number of carbonyl (C=O) groups is 3. The SMILES string of the molecule is CCN1CC(=O)N2[C@@H](C(C)C)C(=O)N(CCOCc3ccccc3)C[C@@H]2N1C(=O)NCc1ccccc1. The van der Waals surface area contributed by atoms with E-state index in [4.69, 9.17) is 4.74 Å². The third kappa shape index (κ3) is 6.11. The lowest BCUT2D eigenvalue weighted by Gasteiger charge is -2.55. The lowest BCUT2D eigenvalue weighted by Crippen LogP contribution is -2.77. The molecule has 2 aliphatic rings. The van der Waals surface area contributed by atoms with Gasteiger partial charge >= 0.3 is 6.03 Å². The van der Waals surface area contributed by atoms with E-state index in [9.17, 15) is 14.4 Å². The molecular formula is C28H37N5O4. The second-order valence-corrected chi connectivity index (χ2v) is 9.76. The van der Waals surface area contributed by atoms with Crippen LogP contribution in [0.25, 0.3) is 0 Å². The Morgan fingerprint density at radius 3 is 2.30 bits per heavy atom. The molecule has 2 aromatic carbocycles. The number of carbonyl (C=O) groups excluding carboxylic acids is 3. The highest BCUT2D eigenvalue weighted by atomic mass is 16.5. The van der Waals surface area contributed by atoms with Crippen molar-refractivity contribution in [1.82, 2.24) is 25.1 Å². The van der Waals surface area contributed by atoms with Gasteiger partial charge in [-0.1, -0.05) is 81.4 Å². The minimum absolute atomic E-state index is 0.0580. The van der Waals surface area contributed by atoms with Crippen LogP contribution in [0.1, 0.15) is 31.9 Å². The predicted octanol–water partition coefficient (Wildman–Crippen LogP) is 2.69. The molecule has 198 valence electrons. The Morgan fingerprint density at radius 2 is 1.68 bits per heavy atom. The van der Waals surface area contributed by atoms with Crippen LogP contribution < -0.4 is 5.32 Å². The molecule has 37 heavy (non-hydrogen) atoms. The van der Waals surface area contributed by atoms with E-state index in [2.05, 4.69) is 5.32 Å². The molecule has 0 bridgehead atoms. The predicted molar refractivity (Wildman–Crippen MR) is 140 cm³/mol. The zero-order valence-corrected chi connectivity index (χ0v) is 21.9. The number of hydrazine groups is 1. The fraction of sp³-hybridized carbons (Fsp3) is 0.464. The van der Waals surface area contributed by atoms with Gasteiger partial charge in [-0.3, -0.25) is 9.59 Å². The largest absolute Gasteiger partial charge is 0.375 e. The summed E-state index contributed by atoms with van der Waals surface area (Å²) in [5, 5.41) is 6.39. The first-order valence-corrected chi connectivity index (χ1v) is 13.0. The van der Waals surface area contributed by atoms with Crippen molar-refractivity contribution in [3.8, 4) is 0 Å². The van der Waals surface area contributed by atoms with Crippen LogP contribution in [-0.4, -0.2) is 82.7 Å². The molecule has 2 fully saturated rings. The van der Waals surface area contributed by atoms with Gasteiger partial charge in [-0.15, -0.1) is 0 Å². The molecule has 0 aromatic heterocycles. The monoisotopic (exact) mass is 507 g/mol. The average Bonchev–Trinajstić information content (AvgIpc) is 2.91. The highest BCUT2D eigenvalue weighted by Gasteiger charge is 2.51. The van der Waals surface area contributed by atoms with E-state index < -0.39 is 12.2 Å². The maximum atomic E-state index is 13.5. The van der Waals surface area contributed by atoms with E-state index in [1.54, 1.807) is 19.8 Å². The Balaban J connectivity index is 1.50. The van der Waals surface area contributed by atoms with Crippen molar-refractivity contribution in [3.63, 3.8) is 0 Å². The number of ether oxygens (including phenoxy) is 1. The molecule has 4 amide bonds. The highest BCUT2D eigenvalue weighted by molar-refractivity contribution is 5.91. The Bertz CT molecular complexity index is 1060. The van der Waals surface area contributed by atoms with Crippen LogP contribution >= 0.6 is 0 Å². The number of nitrogens with zero attached hydrogens (tertiary/aromatic N) is 4. The third-order valence-electron chi connectivity index (χ3n) is 6.87. The van der Waals surface area contributed by atoms with Gasteiger partial charge in [-0.25, -0.2) is 14.8 Å². The molecule has 9 nitrogen and oxygen atoms in total. The molecular weight excluding hydrogens is 470 g/mol. The topological polar surface area (TPSA) is 85.4 Å². The fourth-order valence-electron chi connectivity index (χ4n) is 5.01. The quantitative estimate of drug-likeness (QED) is 0.528. The minimum Gasteiger partial charge on any atom is -0.375 e. The van der Waals surface area contributed by atoms with E-state index in [1.807, 2.05) is 81.4 Å². The second kappa shape index (κ2) is 12.2. The standard InChI is InChI=1S/C28H37N5O4/c1-4-31-19-25(34)32-24(33(31)28(36)29-17-22-11-7-5-8-12-22)18-30(27(35)26(32)21(2)3)15-16-37-20-23-13-9-6-10-14-23/h5-14,21,24,26H,4,15-20H2,1-3H3,(H,29,36)/t24-,26-/m0/s1. The zero-order chi connectivity index (χ0) is 26.4. The van der Waals surface area contributed by atoms with Crippen LogP contribution in [-0.2, 0) is 27.5 Å². The number of urea groups is 1. The van der Waals surface area contributed by atoms with E-state index >= 15 is 0 Å². The summed E-state index contributed by atoms with van der Waals surface area (Å²) in [6.07, 6.45) is -0.587. The number of fused-ring (bicyclic) bond motifs is 1. The van der Waals surface area contributed by atoms with Gasteiger partial charge in [0.15, 0.2) is 0 Å². The maximum absolute atomic E-state index is 13.5. The molecule has 0 unspecified atom stereocenters. The molecule has 0 aliphatic carbocycles. The van der Waals surface area contributed by atoms with Crippen molar-refractivity contribution in [2.45, 2.75) is 46.1 Å². The molecule has 2 atom stereocenters. The number of hydrogen-bond acceptors (Lipinski definition) is 5. The normalized spacial score (nSPS) is 20.4. The summed E-state index contributed by atoms with van der Waals surface area (Å²) in [6.45, 7) is 8.17. The summed E-state index contributed by atoms with van der Waals surface area (Å²) in [5.74, 6) is -0.335. The number of hydrogen-bond donors (Lipinski definition) is 1. The van der Waals surface area contributed by atoms with Crippen molar-refractivity contribution in [2.24, 2.45) is 5.92 Å². The van der Waals surface area contributed by atoms with Crippen molar-refractivity contribution in [1.29, 1.82) is 0 Å². The van der Waals surface area contributed by atoms with E-state index in [0.29, 0.717) is 32.8 Å². The Morgan fingerprint density at radius 1 is 1.03 bits per heavy atom. The first kappa shape index (κ1) is 26.6. The van der Waals surface area contributed by atoms with Gasteiger partial charge < -0.3 is 19.9 Å². The fourth-order valence-corrected chi connectivity index (χ4v) is 5.01. The number of benzene rings is 2. The van der Waals surface area contributed by atoms with Crippen molar-refractivity contribution in [2.75, 3.05) is 32.8 Å². The van der Waals surface area contributed by atoms with E-state index in [0.717, 1.165) is 11.1 Å². The van der Waals surface area contributed by atoms with Gasteiger partial charge in [0.1, 0.15) is 12.2 Å². The lowest BCUT2D eigenvalue weighted by molar-refractivity contribution is -0.193. The van der Waals surface area contributed by atoms with Gasteiger partial charge in [0.05, 0.1) is 26.3 Å². The number of nitrogens with one attached hydrogen (secondary N) is 1. The molecule has 9 heteroatoms. The second-order valence-electron chi connectivity index (χ2n) is 9.76. The molecule has 1 N–H and O–H groups in total. The molecule has 0 radical (unpaired) electrons. The summed E-state index contributed by atoms with van der Waals surface area (Å²) < 4.78 is 5.85. The molecule has 2 saturated heterocycles. The average molecular weight is 508 g/mol. The molecule has 2 aliphatic heterocycles. The van der Waals surface area contributed by atoms with E-state index in [1.165, 1.54) is 0 Å². The first-order valence-electron chi connectivity index (χ1n) is 13.0. The van der Waals surface area contributed by atoms with Crippen LogP contribution in [0.3, 0.4) is 0 Å². The summed E-state index contributed by atoms with van der Waals surface area (Å²) in [6, 6.07) is 18.7. The molecule has 0 saturated carbocycles. The van der Waals surface area contributed by atoms with Gasteiger partial charge in [-0.05, 0) is 17.0 Å². The zero-order valence-electron chi connectivity index (χ0n) is 21.9. The van der Waals surface area contributed by atoms with Crippen molar-refractivity contribution in [3.05, 3.63) is 71.8 Å². The first-order chi connectivity index (χ1) is 17.9. The Hall–Kier alpha value is -3.43. The molecule has 0 spiro atoms. The third-order valence-corrected chi connectivity index (χ3v) is 6.87. The Labute approximate surface area is 218 Å². The van der Waals surface area contributed by atoms with Crippen LogP contribution in [0.2, 0.25) is 0 Å². The van der Waals surface area contributed by atoms with Crippen molar-refractivity contribution >= 4 is 17.8 Å². The summed E-state index contributed by atoms with van der Waals surface area (Å²) in [5.41, 5.74) is 2.05. The van der Waals surface area contributed by atoms with Gasteiger partial charge in [0.2, 0.25) is 11.8 Å². The van der Waals surface area contributed by atoms with Crippen LogP contribution in [0.4, 0.5) is 4.79 Å². The minimum atomic E-state index is -0.635. The summed E-state index contributed by atoms with van der Waals surface area (Å²) >= 11 is 0. The number of piperazine rings is 1. The van der Waals surface area contributed by atoms with Gasteiger partial charge in [0.25, 0.3) is 0 Å².